The van der Waals surface area contributed by atoms with Crippen LogP contribution in [0.15, 0.2) is 24.3 Å². The zero-order valence-electron chi connectivity index (χ0n) is 13.3. The van der Waals surface area contributed by atoms with Crippen LogP contribution in [0.5, 0.6) is 0 Å². The molecule has 1 fully saturated rings. The minimum atomic E-state index is -0.405. The Hall–Kier alpha value is -1.88. The normalized spacial score (nSPS) is 24.6. The molecule has 0 aliphatic heterocycles. The van der Waals surface area contributed by atoms with Gasteiger partial charge in [0.25, 0.3) is 0 Å². The summed E-state index contributed by atoms with van der Waals surface area (Å²) >= 11 is 0. The number of hydrogen-bond acceptors (Lipinski definition) is 3. The Morgan fingerprint density at radius 3 is 2.55 bits per heavy atom. The van der Waals surface area contributed by atoms with Gasteiger partial charge >= 0.3 is 0 Å². The van der Waals surface area contributed by atoms with E-state index in [4.69, 9.17) is 5.73 Å². The number of nitrogens with one attached hydrogen (secondary N) is 2. The number of hydrogen-bond donors (Lipinski definition) is 3. The van der Waals surface area contributed by atoms with E-state index in [0.29, 0.717) is 6.54 Å². The van der Waals surface area contributed by atoms with Gasteiger partial charge in [-0.25, -0.2) is 0 Å². The fourth-order valence-corrected chi connectivity index (χ4v) is 3.01. The fraction of sp³-hybridized carbons (Fsp3) is 0.529. The molecule has 0 aromatic heterocycles. The summed E-state index contributed by atoms with van der Waals surface area (Å²) in [6, 6.07) is 7.45. The van der Waals surface area contributed by atoms with Crippen LogP contribution in [-0.4, -0.2) is 17.4 Å². The molecule has 22 heavy (non-hydrogen) atoms. The molecule has 2 rings (SSSR count). The lowest BCUT2D eigenvalue weighted by Crippen LogP contribution is -2.52. The van der Waals surface area contributed by atoms with Crippen LogP contribution in [0.2, 0.25) is 0 Å². The molecule has 1 aromatic carbocycles. The van der Waals surface area contributed by atoms with E-state index in [2.05, 4.69) is 10.6 Å². The van der Waals surface area contributed by atoms with E-state index in [1.165, 1.54) is 6.92 Å². The Bertz CT molecular complexity index is 537. The molecule has 120 valence electrons. The van der Waals surface area contributed by atoms with Crippen LogP contribution in [0.1, 0.15) is 45.1 Å². The molecule has 2 amide bonds. The molecule has 0 radical (unpaired) electrons. The minimum absolute atomic E-state index is 0.0376. The van der Waals surface area contributed by atoms with Crippen molar-refractivity contribution < 1.29 is 9.59 Å². The first-order valence-electron chi connectivity index (χ1n) is 7.81. The first-order valence-corrected chi connectivity index (χ1v) is 7.81. The molecule has 0 spiro atoms. The first kappa shape index (κ1) is 16.5. The standard InChI is InChI=1S/C17H25N3O2/c1-12(21)20-14-8-6-13(7-9-14)11-19-16(22)15-5-3-4-10-17(15,2)18/h6-9,15H,3-5,10-11,18H2,1-2H3,(H,19,22)(H,20,21). The van der Waals surface area contributed by atoms with E-state index in [1.807, 2.05) is 31.2 Å². The van der Waals surface area contributed by atoms with Gasteiger partial charge in [0.1, 0.15) is 0 Å². The number of benzene rings is 1. The second-order valence-corrected chi connectivity index (χ2v) is 6.40. The van der Waals surface area contributed by atoms with Crippen molar-refractivity contribution >= 4 is 17.5 Å². The van der Waals surface area contributed by atoms with Gasteiger partial charge in [-0.3, -0.25) is 9.59 Å². The molecule has 1 aliphatic rings. The molecule has 2 unspecified atom stereocenters. The van der Waals surface area contributed by atoms with Crippen LogP contribution in [0.25, 0.3) is 0 Å². The highest BCUT2D eigenvalue weighted by Crippen LogP contribution is 2.31. The quantitative estimate of drug-likeness (QED) is 0.797. The highest BCUT2D eigenvalue weighted by atomic mass is 16.2. The van der Waals surface area contributed by atoms with E-state index < -0.39 is 5.54 Å². The number of nitrogens with two attached hydrogens (primary N) is 1. The van der Waals surface area contributed by atoms with Gasteiger partial charge in [-0.2, -0.15) is 0 Å². The number of rotatable bonds is 4. The van der Waals surface area contributed by atoms with Crippen molar-refractivity contribution in [3.63, 3.8) is 0 Å². The highest BCUT2D eigenvalue weighted by Gasteiger charge is 2.37. The molecule has 5 nitrogen and oxygen atoms in total. The average Bonchev–Trinajstić information content (AvgIpc) is 2.45. The summed E-state index contributed by atoms with van der Waals surface area (Å²) in [7, 11) is 0. The van der Waals surface area contributed by atoms with E-state index in [-0.39, 0.29) is 17.7 Å². The summed E-state index contributed by atoms with van der Waals surface area (Å²) in [4.78, 5) is 23.3. The molecule has 0 saturated heterocycles. The number of amides is 2. The van der Waals surface area contributed by atoms with Gasteiger partial charge in [-0.1, -0.05) is 25.0 Å². The summed E-state index contributed by atoms with van der Waals surface area (Å²) in [6.07, 6.45) is 3.93. The Morgan fingerprint density at radius 1 is 1.27 bits per heavy atom. The largest absolute Gasteiger partial charge is 0.352 e. The lowest BCUT2D eigenvalue weighted by Gasteiger charge is -2.37. The zero-order chi connectivity index (χ0) is 16.2. The molecule has 0 bridgehead atoms. The van der Waals surface area contributed by atoms with Crippen molar-refractivity contribution in [2.45, 2.75) is 51.6 Å². The van der Waals surface area contributed by atoms with Crippen LogP contribution in [-0.2, 0) is 16.1 Å². The summed E-state index contributed by atoms with van der Waals surface area (Å²) in [5.74, 6) is -0.170. The summed E-state index contributed by atoms with van der Waals surface area (Å²) < 4.78 is 0. The predicted molar refractivity (Wildman–Crippen MR) is 87.1 cm³/mol. The molecule has 1 aliphatic carbocycles. The minimum Gasteiger partial charge on any atom is -0.352 e. The van der Waals surface area contributed by atoms with Crippen LogP contribution in [0.4, 0.5) is 5.69 Å². The van der Waals surface area contributed by atoms with Gasteiger partial charge in [0.15, 0.2) is 0 Å². The van der Waals surface area contributed by atoms with Crippen LogP contribution < -0.4 is 16.4 Å². The van der Waals surface area contributed by atoms with Crippen molar-refractivity contribution in [2.75, 3.05) is 5.32 Å². The lowest BCUT2D eigenvalue weighted by atomic mass is 9.74. The Morgan fingerprint density at radius 2 is 1.95 bits per heavy atom. The first-order chi connectivity index (χ1) is 10.4. The predicted octanol–water partition coefficient (Wildman–Crippen LogP) is 2.17. The van der Waals surface area contributed by atoms with Gasteiger partial charge in [0, 0.05) is 24.7 Å². The molecule has 1 aromatic rings. The molecule has 0 heterocycles. The zero-order valence-corrected chi connectivity index (χ0v) is 13.3. The van der Waals surface area contributed by atoms with Gasteiger partial charge in [-0.15, -0.1) is 0 Å². The van der Waals surface area contributed by atoms with Crippen molar-refractivity contribution in [2.24, 2.45) is 11.7 Å². The van der Waals surface area contributed by atoms with Crippen LogP contribution in [0.3, 0.4) is 0 Å². The van der Waals surface area contributed by atoms with E-state index >= 15 is 0 Å². The van der Waals surface area contributed by atoms with Gasteiger partial charge in [0.05, 0.1) is 5.92 Å². The SMILES string of the molecule is CC(=O)Nc1ccc(CNC(=O)C2CCCCC2(C)N)cc1. The smallest absolute Gasteiger partial charge is 0.225 e. The maximum atomic E-state index is 12.4. The number of anilines is 1. The summed E-state index contributed by atoms with van der Waals surface area (Å²) in [5, 5.41) is 5.69. The second-order valence-electron chi connectivity index (χ2n) is 6.40. The molecule has 4 N–H and O–H groups in total. The lowest BCUT2D eigenvalue weighted by molar-refractivity contribution is -0.128. The van der Waals surface area contributed by atoms with Crippen molar-refractivity contribution in [3.8, 4) is 0 Å². The molecular weight excluding hydrogens is 278 g/mol. The van der Waals surface area contributed by atoms with Gasteiger partial charge in [-0.05, 0) is 37.5 Å². The monoisotopic (exact) mass is 303 g/mol. The second kappa shape index (κ2) is 6.92. The van der Waals surface area contributed by atoms with Crippen LogP contribution >= 0.6 is 0 Å². The van der Waals surface area contributed by atoms with E-state index in [1.54, 1.807) is 0 Å². The summed E-state index contributed by atoms with van der Waals surface area (Å²) in [5.41, 5.74) is 7.60. The Balaban J connectivity index is 1.89. The van der Waals surface area contributed by atoms with Crippen molar-refractivity contribution in [1.82, 2.24) is 5.32 Å². The van der Waals surface area contributed by atoms with Gasteiger partial charge < -0.3 is 16.4 Å². The molecular formula is C17H25N3O2. The molecule has 5 heteroatoms. The third-order valence-electron chi connectivity index (χ3n) is 4.31. The van der Waals surface area contributed by atoms with Gasteiger partial charge in [0.2, 0.25) is 11.8 Å². The summed E-state index contributed by atoms with van der Waals surface area (Å²) in [6.45, 7) is 3.92. The average molecular weight is 303 g/mol. The topological polar surface area (TPSA) is 84.2 Å². The Labute approximate surface area is 131 Å². The Kier molecular flexibility index (Phi) is 5.19. The van der Waals surface area contributed by atoms with Crippen molar-refractivity contribution in [3.05, 3.63) is 29.8 Å². The maximum absolute atomic E-state index is 12.4. The highest BCUT2D eigenvalue weighted by molar-refractivity contribution is 5.88. The van der Waals surface area contributed by atoms with E-state index in [9.17, 15) is 9.59 Å². The molecule has 2 atom stereocenters. The van der Waals surface area contributed by atoms with Crippen molar-refractivity contribution in [1.29, 1.82) is 0 Å². The third kappa shape index (κ3) is 4.31. The fourth-order valence-electron chi connectivity index (χ4n) is 3.01. The molecule has 1 saturated carbocycles. The van der Waals surface area contributed by atoms with E-state index in [0.717, 1.165) is 36.9 Å². The number of carbonyl (C=O) groups excluding carboxylic acids is 2. The third-order valence-corrected chi connectivity index (χ3v) is 4.31. The van der Waals surface area contributed by atoms with Crippen LogP contribution in [0, 0.1) is 5.92 Å². The maximum Gasteiger partial charge on any atom is 0.225 e. The number of carbonyl (C=O) groups is 2.